The Morgan fingerprint density at radius 3 is 2.47 bits per heavy atom. The van der Waals surface area contributed by atoms with Gasteiger partial charge in [-0.25, -0.2) is 0 Å². The molecular weight excluding hydrogens is 203 g/mol. The maximum absolute atomic E-state index is 11.9. The highest BCUT2D eigenvalue weighted by atomic mass is 19.4. The molecule has 15 heavy (non-hydrogen) atoms. The van der Waals surface area contributed by atoms with Gasteiger partial charge in [-0.15, -0.1) is 0 Å². The fourth-order valence-corrected chi connectivity index (χ4v) is 1.09. The van der Waals surface area contributed by atoms with E-state index in [4.69, 9.17) is 0 Å². The lowest BCUT2D eigenvalue weighted by Gasteiger charge is -2.06. The number of aromatic nitrogens is 1. The summed E-state index contributed by atoms with van der Waals surface area (Å²) in [6.45, 7) is 5.55. The van der Waals surface area contributed by atoms with Crippen LogP contribution in [0.25, 0.3) is 5.57 Å². The minimum Gasteiger partial charge on any atom is -0.261 e. The van der Waals surface area contributed by atoms with Crippen LogP contribution in [0.5, 0.6) is 0 Å². The molecule has 0 aliphatic heterocycles. The lowest BCUT2D eigenvalue weighted by Crippen LogP contribution is -2.09. The number of hydrogen-bond acceptors (Lipinski definition) is 1. The van der Waals surface area contributed by atoms with Crippen molar-refractivity contribution in [1.82, 2.24) is 4.98 Å². The molecule has 1 rings (SSSR count). The zero-order valence-corrected chi connectivity index (χ0v) is 8.43. The van der Waals surface area contributed by atoms with E-state index in [9.17, 15) is 13.2 Å². The normalized spacial score (nSPS) is 11.5. The highest BCUT2D eigenvalue weighted by Crippen LogP contribution is 2.21. The second kappa shape index (κ2) is 4.47. The molecule has 0 aliphatic rings. The van der Waals surface area contributed by atoms with Crippen molar-refractivity contribution in [1.29, 1.82) is 0 Å². The minimum absolute atomic E-state index is 0.0695. The van der Waals surface area contributed by atoms with Gasteiger partial charge in [0.1, 0.15) is 0 Å². The standard InChI is InChI=1S/C11H12F3N/c1-8(2)9-3-4-10(15-7-9)5-6-11(12,13)14/h3-4,7H,1,5-6H2,2H3. The van der Waals surface area contributed by atoms with Crippen molar-refractivity contribution in [3.05, 3.63) is 36.2 Å². The molecule has 0 bridgehead atoms. The average molecular weight is 215 g/mol. The Kier molecular flexibility index (Phi) is 3.50. The first-order chi connectivity index (χ1) is 6.88. The van der Waals surface area contributed by atoms with Crippen LogP contribution < -0.4 is 0 Å². The van der Waals surface area contributed by atoms with Crippen LogP contribution in [0, 0.1) is 0 Å². The van der Waals surface area contributed by atoms with Crippen molar-refractivity contribution in [3.63, 3.8) is 0 Å². The van der Waals surface area contributed by atoms with Crippen molar-refractivity contribution in [2.45, 2.75) is 25.9 Å². The second-order valence-corrected chi connectivity index (χ2v) is 3.43. The van der Waals surface area contributed by atoms with Crippen LogP contribution >= 0.6 is 0 Å². The molecule has 0 aliphatic carbocycles. The van der Waals surface area contributed by atoms with Crippen LogP contribution in [0.2, 0.25) is 0 Å². The first-order valence-electron chi connectivity index (χ1n) is 4.56. The summed E-state index contributed by atoms with van der Waals surface area (Å²) in [5.41, 5.74) is 2.16. The molecule has 0 atom stereocenters. The van der Waals surface area contributed by atoms with Gasteiger partial charge in [-0.2, -0.15) is 13.2 Å². The summed E-state index contributed by atoms with van der Waals surface area (Å²) in [4.78, 5) is 3.94. The van der Waals surface area contributed by atoms with Gasteiger partial charge in [0.2, 0.25) is 0 Å². The Morgan fingerprint density at radius 1 is 1.40 bits per heavy atom. The van der Waals surface area contributed by atoms with Gasteiger partial charge >= 0.3 is 6.18 Å². The molecule has 1 aromatic heterocycles. The van der Waals surface area contributed by atoms with Crippen LogP contribution in [0.4, 0.5) is 13.2 Å². The van der Waals surface area contributed by atoms with Crippen molar-refractivity contribution in [2.24, 2.45) is 0 Å². The average Bonchev–Trinajstić information content (AvgIpc) is 2.14. The smallest absolute Gasteiger partial charge is 0.261 e. The van der Waals surface area contributed by atoms with Gasteiger partial charge in [0.05, 0.1) is 0 Å². The number of alkyl halides is 3. The first-order valence-corrected chi connectivity index (χ1v) is 4.56. The SMILES string of the molecule is C=C(C)c1ccc(CCC(F)(F)F)nc1. The van der Waals surface area contributed by atoms with Crippen LogP contribution in [0.3, 0.4) is 0 Å². The molecule has 1 heterocycles. The van der Waals surface area contributed by atoms with E-state index in [1.165, 1.54) is 0 Å². The summed E-state index contributed by atoms with van der Waals surface area (Å²) >= 11 is 0. The van der Waals surface area contributed by atoms with Crippen LogP contribution in [0.1, 0.15) is 24.6 Å². The lowest BCUT2D eigenvalue weighted by atomic mass is 10.1. The molecule has 0 unspecified atom stereocenters. The Hall–Kier alpha value is -1.32. The molecule has 4 heteroatoms. The fourth-order valence-electron chi connectivity index (χ4n) is 1.09. The van der Waals surface area contributed by atoms with Gasteiger partial charge in [-0.3, -0.25) is 4.98 Å². The number of rotatable bonds is 3. The van der Waals surface area contributed by atoms with Gasteiger partial charge in [0.25, 0.3) is 0 Å². The summed E-state index contributed by atoms with van der Waals surface area (Å²) in [6.07, 6.45) is -3.46. The summed E-state index contributed by atoms with van der Waals surface area (Å²) in [5, 5.41) is 0. The summed E-state index contributed by atoms with van der Waals surface area (Å²) in [7, 11) is 0. The Labute approximate surface area is 86.6 Å². The predicted octanol–water partition coefficient (Wildman–Crippen LogP) is 3.61. The highest BCUT2D eigenvalue weighted by Gasteiger charge is 2.26. The molecule has 0 fully saturated rings. The van der Waals surface area contributed by atoms with E-state index in [-0.39, 0.29) is 6.42 Å². The van der Waals surface area contributed by atoms with Crippen molar-refractivity contribution >= 4 is 5.57 Å². The largest absolute Gasteiger partial charge is 0.389 e. The quantitative estimate of drug-likeness (QED) is 0.750. The van der Waals surface area contributed by atoms with E-state index in [0.717, 1.165) is 11.1 Å². The van der Waals surface area contributed by atoms with Gasteiger partial charge in [-0.1, -0.05) is 12.6 Å². The van der Waals surface area contributed by atoms with Crippen LogP contribution in [0.15, 0.2) is 24.9 Å². The fraction of sp³-hybridized carbons (Fsp3) is 0.364. The van der Waals surface area contributed by atoms with Crippen LogP contribution in [-0.2, 0) is 6.42 Å². The molecule has 0 saturated heterocycles. The third-order valence-corrected chi connectivity index (χ3v) is 1.98. The van der Waals surface area contributed by atoms with E-state index < -0.39 is 12.6 Å². The van der Waals surface area contributed by atoms with Crippen LogP contribution in [-0.4, -0.2) is 11.2 Å². The molecule has 0 aromatic carbocycles. The van der Waals surface area contributed by atoms with Crippen molar-refractivity contribution < 1.29 is 13.2 Å². The summed E-state index contributed by atoms with van der Waals surface area (Å²) in [6, 6.07) is 3.34. The zero-order valence-electron chi connectivity index (χ0n) is 8.43. The molecule has 0 saturated carbocycles. The Morgan fingerprint density at radius 2 is 2.07 bits per heavy atom. The zero-order chi connectivity index (χ0) is 11.5. The van der Waals surface area contributed by atoms with Gasteiger partial charge < -0.3 is 0 Å². The molecule has 1 nitrogen and oxygen atoms in total. The Balaban J connectivity index is 2.61. The Bertz CT molecular complexity index is 338. The predicted molar refractivity (Wildman–Crippen MR) is 53.3 cm³/mol. The molecular formula is C11H12F3N. The molecule has 0 spiro atoms. The first kappa shape index (κ1) is 11.8. The molecule has 0 radical (unpaired) electrons. The van der Waals surface area contributed by atoms with Crippen molar-refractivity contribution in [3.8, 4) is 0 Å². The number of halogens is 3. The molecule has 1 aromatic rings. The summed E-state index contributed by atoms with van der Waals surface area (Å²) < 4.78 is 35.7. The highest BCUT2D eigenvalue weighted by molar-refractivity contribution is 5.60. The molecule has 0 amide bonds. The maximum atomic E-state index is 11.9. The maximum Gasteiger partial charge on any atom is 0.389 e. The lowest BCUT2D eigenvalue weighted by molar-refractivity contribution is -0.134. The number of allylic oxidation sites excluding steroid dienone is 1. The van der Waals surface area contributed by atoms with Gasteiger partial charge in [0.15, 0.2) is 0 Å². The van der Waals surface area contributed by atoms with Gasteiger partial charge in [-0.05, 0) is 30.5 Å². The minimum atomic E-state index is -4.12. The van der Waals surface area contributed by atoms with Gasteiger partial charge in [0, 0.05) is 18.3 Å². The summed E-state index contributed by atoms with van der Waals surface area (Å²) in [5.74, 6) is 0. The van der Waals surface area contributed by atoms with E-state index in [1.54, 1.807) is 18.3 Å². The van der Waals surface area contributed by atoms with E-state index >= 15 is 0 Å². The van der Waals surface area contributed by atoms with Crippen molar-refractivity contribution in [2.75, 3.05) is 0 Å². The number of aryl methyl sites for hydroxylation is 1. The van der Waals surface area contributed by atoms with E-state index in [0.29, 0.717) is 5.69 Å². The van der Waals surface area contributed by atoms with E-state index in [1.807, 2.05) is 6.92 Å². The number of nitrogens with zero attached hydrogens (tertiary/aromatic N) is 1. The molecule has 82 valence electrons. The third-order valence-electron chi connectivity index (χ3n) is 1.98. The third kappa shape index (κ3) is 4.14. The number of hydrogen-bond donors (Lipinski definition) is 0. The second-order valence-electron chi connectivity index (χ2n) is 3.43. The van der Waals surface area contributed by atoms with E-state index in [2.05, 4.69) is 11.6 Å². The molecule has 0 N–H and O–H groups in total. The number of pyridine rings is 1. The monoisotopic (exact) mass is 215 g/mol. The topological polar surface area (TPSA) is 12.9 Å².